The van der Waals surface area contributed by atoms with Crippen LogP contribution in [0.25, 0.3) is 0 Å². The number of hydrogen-bond acceptors (Lipinski definition) is 2. The zero-order valence-corrected chi connectivity index (χ0v) is 15.1. The Morgan fingerprint density at radius 1 is 1.18 bits per heavy atom. The number of aryl methyl sites for hydroxylation is 1. The van der Waals surface area contributed by atoms with Crippen molar-refractivity contribution in [2.24, 2.45) is 5.92 Å². The second-order valence-corrected chi connectivity index (χ2v) is 7.33. The number of benzene rings is 1. The largest absolute Gasteiger partial charge is 0.352 e. The maximum atomic E-state index is 11.5. The minimum atomic E-state index is 0.00507. The Hall–Kier alpha value is -1.22. The van der Waals surface area contributed by atoms with Crippen molar-refractivity contribution in [3.05, 3.63) is 46.9 Å². The molecule has 0 bridgehead atoms. The van der Waals surface area contributed by atoms with E-state index >= 15 is 0 Å². The highest BCUT2D eigenvalue weighted by Gasteiger charge is 1.99. The van der Waals surface area contributed by atoms with Gasteiger partial charge in [-0.25, -0.2) is 0 Å². The molecule has 0 fully saturated rings. The number of carbonyl (C=O) groups excluding carboxylic acids is 1. The SMILES string of the molecule is CC(C)CNC(=O)/C=C\SCCCc1ccc(C(C)C)cc1. The lowest BCUT2D eigenvalue weighted by Crippen LogP contribution is -2.25. The Morgan fingerprint density at radius 2 is 1.86 bits per heavy atom. The van der Waals surface area contributed by atoms with Gasteiger partial charge in [0, 0.05) is 12.6 Å². The Kier molecular flexibility index (Phi) is 8.98. The second-order valence-electron chi connectivity index (χ2n) is 6.31. The fourth-order valence-electron chi connectivity index (χ4n) is 1.97. The molecule has 3 heteroatoms. The predicted octanol–water partition coefficient (Wildman–Crippen LogP) is 4.76. The Morgan fingerprint density at radius 3 is 2.45 bits per heavy atom. The number of nitrogens with one attached hydrogen (secondary N) is 1. The van der Waals surface area contributed by atoms with Crippen molar-refractivity contribution in [1.82, 2.24) is 5.32 Å². The minimum Gasteiger partial charge on any atom is -0.352 e. The first-order chi connectivity index (χ1) is 10.5. The average molecular weight is 320 g/mol. The lowest BCUT2D eigenvalue weighted by molar-refractivity contribution is -0.116. The molecule has 1 N–H and O–H groups in total. The van der Waals surface area contributed by atoms with Gasteiger partial charge >= 0.3 is 0 Å². The first-order valence-electron chi connectivity index (χ1n) is 8.14. The summed E-state index contributed by atoms with van der Waals surface area (Å²) < 4.78 is 0. The van der Waals surface area contributed by atoms with Crippen LogP contribution in [0.3, 0.4) is 0 Å². The van der Waals surface area contributed by atoms with E-state index in [2.05, 4.69) is 57.3 Å². The first kappa shape index (κ1) is 18.8. The normalized spacial score (nSPS) is 11.5. The van der Waals surface area contributed by atoms with Crippen molar-refractivity contribution in [2.75, 3.05) is 12.3 Å². The highest BCUT2D eigenvalue weighted by atomic mass is 32.2. The molecule has 2 nitrogen and oxygen atoms in total. The van der Waals surface area contributed by atoms with Crippen molar-refractivity contribution < 1.29 is 4.79 Å². The van der Waals surface area contributed by atoms with Crippen LogP contribution in [0.2, 0.25) is 0 Å². The van der Waals surface area contributed by atoms with Gasteiger partial charge in [0.2, 0.25) is 5.91 Å². The zero-order valence-electron chi connectivity index (χ0n) is 14.3. The van der Waals surface area contributed by atoms with Crippen LogP contribution in [0.4, 0.5) is 0 Å². The molecule has 0 unspecified atom stereocenters. The molecule has 0 saturated carbocycles. The van der Waals surface area contributed by atoms with Gasteiger partial charge < -0.3 is 5.32 Å². The second kappa shape index (κ2) is 10.5. The summed E-state index contributed by atoms with van der Waals surface area (Å²) in [6.07, 6.45) is 3.85. The van der Waals surface area contributed by atoms with Gasteiger partial charge in [0.25, 0.3) is 0 Å². The Balaban J connectivity index is 2.16. The van der Waals surface area contributed by atoms with E-state index in [0.717, 1.165) is 25.1 Å². The number of hydrogen-bond donors (Lipinski definition) is 1. The van der Waals surface area contributed by atoms with Crippen LogP contribution < -0.4 is 5.32 Å². The third-order valence-electron chi connectivity index (χ3n) is 3.37. The van der Waals surface area contributed by atoms with Crippen LogP contribution in [-0.2, 0) is 11.2 Å². The molecule has 1 aromatic carbocycles. The van der Waals surface area contributed by atoms with Crippen LogP contribution in [0.1, 0.15) is 51.2 Å². The average Bonchev–Trinajstić information content (AvgIpc) is 2.49. The molecule has 0 atom stereocenters. The van der Waals surface area contributed by atoms with E-state index in [9.17, 15) is 4.79 Å². The van der Waals surface area contributed by atoms with E-state index in [-0.39, 0.29) is 5.91 Å². The molecule has 0 spiro atoms. The molecule has 0 heterocycles. The summed E-state index contributed by atoms with van der Waals surface area (Å²) in [5.41, 5.74) is 2.79. The van der Waals surface area contributed by atoms with Gasteiger partial charge in [-0.05, 0) is 47.0 Å². The number of rotatable bonds is 9. The van der Waals surface area contributed by atoms with Gasteiger partial charge in [-0.15, -0.1) is 11.8 Å². The molecule has 22 heavy (non-hydrogen) atoms. The summed E-state index contributed by atoms with van der Waals surface area (Å²) in [5.74, 6) is 2.13. The molecule has 0 saturated heterocycles. The molecule has 0 aliphatic heterocycles. The van der Waals surface area contributed by atoms with Crippen LogP contribution in [0.5, 0.6) is 0 Å². The van der Waals surface area contributed by atoms with E-state index in [1.165, 1.54) is 11.1 Å². The lowest BCUT2D eigenvalue weighted by Gasteiger charge is -2.06. The topological polar surface area (TPSA) is 29.1 Å². The van der Waals surface area contributed by atoms with Crippen molar-refractivity contribution in [3.8, 4) is 0 Å². The molecule has 122 valence electrons. The van der Waals surface area contributed by atoms with Crippen molar-refractivity contribution in [1.29, 1.82) is 0 Å². The molecule has 0 aliphatic carbocycles. The van der Waals surface area contributed by atoms with Crippen LogP contribution in [-0.4, -0.2) is 18.2 Å². The smallest absolute Gasteiger partial charge is 0.244 e. The van der Waals surface area contributed by atoms with Crippen LogP contribution in [0.15, 0.2) is 35.7 Å². The summed E-state index contributed by atoms with van der Waals surface area (Å²) in [6, 6.07) is 8.92. The Labute approximate surface area is 139 Å². The molecular formula is C19H29NOS. The lowest BCUT2D eigenvalue weighted by atomic mass is 10.0. The van der Waals surface area contributed by atoms with E-state index in [0.29, 0.717) is 11.8 Å². The molecular weight excluding hydrogens is 290 g/mol. The molecule has 1 amide bonds. The van der Waals surface area contributed by atoms with Gasteiger partial charge in [0.1, 0.15) is 0 Å². The zero-order chi connectivity index (χ0) is 16.4. The third-order valence-corrected chi connectivity index (χ3v) is 4.23. The fraction of sp³-hybridized carbons (Fsp3) is 0.526. The quantitative estimate of drug-likeness (QED) is 0.525. The highest BCUT2D eigenvalue weighted by Crippen LogP contribution is 2.16. The minimum absolute atomic E-state index is 0.00507. The van der Waals surface area contributed by atoms with Crippen LogP contribution >= 0.6 is 11.8 Å². The monoisotopic (exact) mass is 319 g/mol. The molecule has 1 rings (SSSR count). The van der Waals surface area contributed by atoms with Gasteiger partial charge in [-0.2, -0.15) is 0 Å². The van der Waals surface area contributed by atoms with Crippen LogP contribution in [0, 0.1) is 5.92 Å². The van der Waals surface area contributed by atoms with Crippen molar-refractivity contribution in [3.63, 3.8) is 0 Å². The van der Waals surface area contributed by atoms with Crippen molar-refractivity contribution in [2.45, 2.75) is 46.5 Å². The van der Waals surface area contributed by atoms with E-state index in [1.54, 1.807) is 17.8 Å². The highest BCUT2D eigenvalue weighted by molar-refractivity contribution is 8.02. The van der Waals surface area contributed by atoms with E-state index < -0.39 is 0 Å². The summed E-state index contributed by atoms with van der Waals surface area (Å²) in [5, 5.41) is 4.77. The Bertz CT molecular complexity index is 463. The van der Waals surface area contributed by atoms with E-state index in [1.807, 2.05) is 5.41 Å². The molecule has 1 aromatic rings. The summed E-state index contributed by atoms with van der Waals surface area (Å²) >= 11 is 1.70. The predicted molar refractivity (Wildman–Crippen MR) is 98.3 cm³/mol. The molecule has 0 aromatic heterocycles. The summed E-state index contributed by atoms with van der Waals surface area (Å²) in [4.78, 5) is 11.5. The van der Waals surface area contributed by atoms with Gasteiger partial charge in [-0.1, -0.05) is 52.0 Å². The van der Waals surface area contributed by atoms with Gasteiger partial charge in [0.15, 0.2) is 0 Å². The maximum Gasteiger partial charge on any atom is 0.244 e. The standard InChI is InChI=1S/C19H29NOS/c1-15(2)14-20-19(21)11-13-22-12-5-6-17-7-9-18(10-8-17)16(3)4/h7-11,13,15-16H,5-6,12,14H2,1-4H3,(H,20,21)/b13-11-. The molecule has 0 aliphatic rings. The summed E-state index contributed by atoms with van der Waals surface area (Å²) in [7, 11) is 0. The number of amides is 1. The summed E-state index contributed by atoms with van der Waals surface area (Å²) in [6.45, 7) is 9.35. The van der Waals surface area contributed by atoms with Gasteiger partial charge in [-0.3, -0.25) is 4.79 Å². The first-order valence-corrected chi connectivity index (χ1v) is 9.18. The van der Waals surface area contributed by atoms with Gasteiger partial charge in [0.05, 0.1) is 0 Å². The number of thioether (sulfide) groups is 1. The maximum absolute atomic E-state index is 11.5. The number of carbonyl (C=O) groups is 1. The third kappa shape index (κ3) is 8.28. The van der Waals surface area contributed by atoms with Crippen molar-refractivity contribution >= 4 is 17.7 Å². The van der Waals surface area contributed by atoms with E-state index in [4.69, 9.17) is 0 Å². The fourth-order valence-corrected chi connectivity index (χ4v) is 2.64. The molecule has 0 radical (unpaired) electrons.